The molecule has 4 aliphatic rings. The molecule has 6 heteroatoms. The van der Waals surface area contributed by atoms with Gasteiger partial charge in [0.05, 0.1) is 36.6 Å². The zero-order valence-electron chi connectivity index (χ0n) is 15.7. The predicted octanol–water partition coefficient (Wildman–Crippen LogP) is 0.462. The number of hydrogen-bond donors (Lipinski definition) is 2. The number of rotatable bonds is 6. The van der Waals surface area contributed by atoms with E-state index < -0.39 is 11.2 Å². The van der Waals surface area contributed by atoms with Gasteiger partial charge in [0.1, 0.15) is 0 Å². The molecule has 2 aliphatic heterocycles. The maximum absolute atomic E-state index is 11.0. The van der Waals surface area contributed by atoms with E-state index in [0.29, 0.717) is 18.6 Å². The van der Waals surface area contributed by atoms with Crippen molar-refractivity contribution in [1.82, 2.24) is 9.80 Å². The van der Waals surface area contributed by atoms with Crippen LogP contribution in [0.4, 0.5) is 0 Å². The average Bonchev–Trinajstić information content (AvgIpc) is 3.54. The highest BCUT2D eigenvalue weighted by molar-refractivity contribution is 5.11. The van der Waals surface area contributed by atoms with Crippen molar-refractivity contribution < 1.29 is 19.7 Å². The summed E-state index contributed by atoms with van der Waals surface area (Å²) in [5.74, 6) is 0.328. The number of aliphatic hydroxyl groups is 2. The number of morpholine rings is 2. The smallest absolute Gasteiger partial charge is 0.0991 e. The molecular formula is C19H34N2O4. The van der Waals surface area contributed by atoms with E-state index in [1.807, 2.05) is 0 Å². The first-order chi connectivity index (χ1) is 11.9. The van der Waals surface area contributed by atoms with Crippen molar-refractivity contribution in [2.75, 3.05) is 45.9 Å². The van der Waals surface area contributed by atoms with Crippen LogP contribution in [0, 0.1) is 5.92 Å². The lowest BCUT2D eigenvalue weighted by Gasteiger charge is -2.39. The van der Waals surface area contributed by atoms with Crippen LogP contribution < -0.4 is 0 Å². The molecule has 2 heterocycles. The lowest BCUT2D eigenvalue weighted by Crippen LogP contribution is -2.52. The van der Waals surface area contributed by atoms with Crippen LogP contribution in [0.5, 0.6) is 0 Å². The Hall–Kier alpha value is -0.240. The molecule has 2 saturated heterocycles. The summed E-state index contributed by atoms with van der Waals surface area (Å²) < 4.78 is 11.7. The lowest BCUT2D eigenvalue weighted by atomic mass is 10.0. The van der Waals surface area contributed by atoms with E-state index in [-0.39, 0.29) is 12.2 Å². The molecule has 6 nitrogen and oxygen atoms in total. The van der Waals surface area contributed by atoms with Gasteiger partial charge in [0.2, 0.25) is 0 Å². The van der Waals surface area contributed by atoms with Crippen molar-refractivity contribution in [3.63, 3.8) is 0 Å². The molecule has 2 N–H and O–H groups in total. The summed E-state index contributed by atoms with van der Waals surface area (Å²) in [4.78, 5) is 4.80. The quantitative estimate of drug-likeness (QED) is 0.723. The van der Waals surface area contributed by atoms with Crippen LogP contribution in [0.3, 0.4) is 0 Å². The van der Waals surface area contributed by atoms with Crippen LogP contribution in [0.1, 0.15) is 39.5 Å². The second-order valence-electron chi connectivity index (χ2n) is 8.69. The fraction of sp³-hybridized carbons (Fsp3) is 1.00. The molecule has 144 valence electrons. The van der Waals surface area contributed by atoms with Gasteiger partial charge in [-0.05, 0) is 45.1 Å². The van der Waals surface area contributed by atoms with E-state index in [4.69, 9.17) is 9.47 Å². The van der Waals surface area contributed by atoms with Crippen molar-refractivity contribution in [3.8, 4) is 0 Å². The van der Waals surface area contributed by atoms with E-state index >= 15 is 0 Å². The van der Waals surface area contributed by atoms with Crippen molar-refractivity contribution in [2.24, 2.45) is 5.92 Å². The van der Waals surface area contributed by atoms with Crippen molar-refractivity contribution in [2.45, 2.75) is 69.0 Å². The molecule has 5 atom stereocenters. The first-order valence-electron chi connectivity index (χ1n) is 10.1. The third-order valence-electron chi connectivity index (χ3n) is 6.98. The average molecular weight is 354 g/mol. The fourth-order valence-corrected chi connectivity index (χ4v) is 4.72. The maximum Gasteiger partial charge on any atom is 0.0991 e. The second-order valence-corrected chi connectivity index (χ2v) is 8.69. The summed E-state index contributed by atoms with van der Waals surface area (Å²) in [7, 11) is 0. The van der Waals surface area contributed by atoms with Crippen molar-refractivity contribution in [1.29, 1.82) is 0 Å². The molecule has 4 fully saturated rings. The minimum absolute atomic E-state index is 0.0389. The van der Waals surface area contributed by atoms with E-state index in [0.717, 1.165) is 65.0 Å². The molecule has 0 spiro atoms. The zero-order valence-corrected chi connectivity index (χ0v) is 15.7. The molecule has 0 aromatic carbocycles. The number of likely N-dealkylation sites (N-methyl/N-ethyl adjacent to an activating group) is 1. The van der Waals surface area contributed by atoms with Crippen LogP contribution >= 0.6 is 0 Å². The maximum atomic E-state index is 11.0. The fourth-order valence-electron chi connectivity index (χ4n) is 4.72. The highest BCUT2D eigenvalue weighted by Gasteiger charge is 2.59. The molecule has 0 bridgehead atoms. The van der Waals surface area contributed by atoms with Crippen molar-refractivity contribution >= 4 is 0 Å². The SMILES string of the molecule is CCN1CCOC(C2(O)CC2CC(C)N2CCO[C@@H](C3(O)CC3)C2)C1. The lowest BCUT2D eigenvalue weighted by molar-refractivity contribution is -0.114. The third kappa shape index (κ3) is 3.62. The van der Waals surface area contributed by atoms with E-state index in [1.54, 1.807) is 0 Å². The number of ether oxygens (including phenoxy) is 2. The van der Waals surface area contributed by atoms with Crippen LogP contribution in [-0.4, -0.2) is 95.4 Å². The van der Waals surface area contributed by atoms with Gasteiger partial charge in [-0.25, -0.2) is 0 Å². The molecule has 0 aromatic rings. The molecule has 25 heavy (non-hydrogen) atoms. The van der Waals surface area contributed by atoms with Crippen molar-refractivity contribution in [3.05, 3.63) is 0 Å². The topological polar surface area (TPSA) is 65.4 Å². The van der Waals surface area contributed by atoms with Gasteiger partial charge < -0.3 is 19.7 Å². The van der Waals surface area contributed by atoms with Gasteiger partial charge in [-0.15, -0.1) is 0 Å². The van der Waals surface area contributed by atoms with Gasteiger partial charge in [0.15, 0.2) is 0 Å². The van der Waals surface area contributed by atoms with Crippen LogP contribution in [0.25, 0.3) is 0 Å². The van der Waals surface area contributed by atoms with Gasteiger partial charge in [-0.1, -0.05) is 6.92 Å². The molecule has 4 unspecified atom stereocenters. The Kier molecular flexibility index (Phi) is 4.88. The summed E-state index contributed by atoms with van der Waals surface area (Å²) in [5, 5.41) is 21.4. The zero-order chi connectivity index (χ0) is 17.7. The Morgan fingerprint density at radius 2 is 1.80 bits per heavy atom. The minimum Gasteiger partial charge on any atom is -0.387 e. The molecule has 0 amide bonds. The molecular weight excluding hydrogens is 320 g/mol. The molecule has 4 rings (SSSR count). The minimum atomic E-state index is -0.636. The largest absolute Gasteiger partial charge is 0.387 e. The predicted molar refractivity (Wildman–Crippen MR) is 94.5 cm³/mol. The summed E-state index contributed by atoms with van der Waals surface area (Å²) in [6.45, 7) is 10.4. The molecule has 0 radical (unpaired) electrons. The highest BCUT2D eigenvalue weighted by Crippen LogP contribution is 2.51. The van der Waals surface area contributed by atoms with Gasteiger partial charge in [0, 0.05) is 32.2 Å². The van der Waals surface area contributed by atoms with Gasteiger partial charge in [-0.2, -0.15) is 0 Å². The Morgan fingerprint density at radius 1 is 1.08 bits per heavy atom. The summed E-state index contributed by atoms with van der Waals surface area (Å²) >= 11 is 0. The Morgan fingerprint density at radius 3 is 2.52 bits per heavy atom. The Bertz CT molecular complexity index is 486. The highest BCUT2D eigenvalue weighted by atomic mass is 16.5. The summed E-state index contributed by atoms with van der Waals surface area (Å²) in [5.41, 5.74) is -1.21. The first kappa shape index (κ1) is 18.1. The van der Waals surface area contributed by atoms with E-state index in [9.17, 15) is 10.2 Å². The van der Waals surface area contributed by atoms with E-state index in [2.05, 4.69) is 23.6 Å². The molecule has 2 saturated carbocycles. The number of nitrogens with zero attached hydrogens (tertiary/aromatic N) is 2. The standard InChI is InChI=1S/C19H34N2O4/c1-3-20-6-8-25-17(12-20)19(23)11-15(19)10-14(2)21-7-9-24-16(13-21)18(22)4-5-18/h14-17,22-23H,3-13H2,1-2H3/t14?,15?,16-,17?,19?/m1/s1. The summed E-state index contributed by atoms with van der Waals surface area (Å²) in [6.07, 6.45) is 3.51. The Balaban J connectivity index is 1.29. The van der Waals surface area contributed by atoms with Gasteiger partial charge >= 0.3 is 0 Å². The molecule has 0 aromatic heterocycles. The van der Waals surface area contributed by atoms with Crippen LogP contribution in [0.2, 0.25) is 0 Å². The van der Waals surface area contributed by atoms with Crippen LogP contribution in [0.15, 0.2) is 0 Å². The van der Waals surface area contributed by atoms with Gasteiger partial charge in [0.25, 0.3) is 0 Å². The monoisotopic (exact) mass is 354 g/mol. The van der Waals surface area contributed by atoms with Crippen LogP contribution in [-0.2, 0) is 9.47 Å². The number of hydrogen-bond acceptors (Lipinski definition) is 6. The third-order valence-corrected chi connectivity index (χ3v) is 6.98. The normalized spacial score (nSPS) is 43.0. The molecule has 2 aliphatic carbocycles. The first-order valence-corrected chi connectivity index (χ1v) is 10.1. The summed E-state index contributed by atoms with van der Waals surface area (Å²) in [6, 6.07) is 0.402. The van der Waals surface area contributed by atoms with Gasteiger partial charge in [-0.3, -0.25) is 9.80 Å². The van der Waals surface area contributed by atoms with E-state index in [1.165, 1.54) is 0 Å². The second kappa shape index (κ2) is 6.73. The Labute approximate surface area is 151 Å².